The molecule has 5 aromatic rings. The number of aromatic nitrogens is 1. The van der Waals surface area contributed by atoms with Crippen LogP contribution in [0.4, 0.5) is 5.69 Å². The number of carbonyl (C=O) groups is 1. The Hall–Kier alpha value is -4.95. The lowest BCUT2D eigenvalue weighted by Crippen LogP contribution is -2.33. The Morgan fingerprint density at radius 3 is 2.10 bits per heavy atom. The van der Waals surface area contributed by atoms with Crippen molar-refractivity contribution in [2.75, 3.05) is 4.31 Å². The summed E-state index contributed by atoms with van der Waals surface area (Å²) in [5, 5.41) is 4.23. The van der Waals surface area contributed by atoms with Gasteiger partial charge in [0, 0.05) is 22.6 Å². The molecule has 0 atom stereocenters. The largest absolute Gasteiger partial charge is 0.318 e. The van der Waals surface area contributed by atoms with Crippen molar-refractivity contribution in [1.82, 2.24) is 9.99 Å². The van der Waals surface area contributed by atoms with Gasteiger partial charge in [-0.25, -0.2) is 13.8 Å². The van der Waals surface area contributed by atoms with Gasteiger partial charge in [-0.05, 0) is 61.9 Å². The van der Waals surface area contributed by atoms with Crippen LogP contribution in [-0.4, -0.2) is 25.1 Å². The average Bonchev–Trinajstić information content (AvgIpc) is 3.29. The maximum absolute atomic E-state index is 13.9. The quantitative estimate of drug-likeness (QED) is 0.170. The molecule has 0 aliphatic heterocycles. The Morgan fingerprint density at radius 1 is 0.829 bits per heavy atom. The maximum Gasteiger partial charge on any atom is 0.273 e. The van der Waals surface area contributed by atoms with Gasteiger partial charge in [-0.2, -0.15) is 5.10 Å². The highest BCUT2D eigenvalue weighted by Gasteiger charge is 2.28. The molecule has 7 nitrogen and oxygen atoms in total. The van der Waals surface area contributed by atoms with E-state index in [2.05, 4.69) is 15.1 Å². The summed E-state index contributed by atoms with van der Waals surface area (Å²) in [6, 6.07) is 36.1. The van der Waals surface area contributed by atoms with E-state index in [-0.39, 0.29) is 22.7 Å². The molecule has 0 fully saturated rings. The topological polar surface area (TPSA) is 83.8 Å². The second-order valence-corrected chi connectivity index (χ2v) is 11.4. The summed E-state index contributed by atoms with van der Waals surface area (Å²) in [5.41, 5.74) is 7.75. The maximum atomic E-state index is 13.9. The molecule has 0 spiro atoms. The Balaban J connectivity index is 1.45. The molecule has 1 amide bonds. The van der Waals surface area contributed by atoms with Crippen molar-refractivity contribution in [3.8, 4) is 5.69 Å². The van der Waals surface area contributed by atoms with Crippen molar-refractivity contribution in [2.24, 2.45) is 5.10 Å². The van der Waals surface area contributed by atoms with E-state index in [1.165, 1.54) is 4.31 Å². The van der Waals surface area contributed by atoms with Crippen LogP contribution in [0.25, 0.3) is 5.69 Å². The van der Waals surface area contributed by atoms with Crippen LogP contribution >= 0.6 is 0 Å². The lowest BCUT2D eigenvalue weighted by Gasteiger charge is -2.26. The van der Waals surface area contributed by atoms with Gasteiger partial charge < -0.3 is 4.57 Å². The monoisotopic (exact) mass is 562 g/mol. The van der Waals surface area contributed by atoms with Gasteiger partial charge in [-0.15, -0.1) is 0 Å². The third-order valence-corrected chi connectivity index (χ3v) is 8.55. The fraction of sp³-hybridized carbons (Fsp3) is 0.0909. The summed E-state index contributed by atoms with van der Waals surface area (Å²) in [6.45, 7) is 4.06. The average molecular weight is 563 g/mol. The first-order valence-corrected chi connectivity index (χ1v) is 14.6. The molecule has 0 bridgehead atoms. The number of amides is 1. The van der Waals surface area contributed by atoms with Gasteiger partial charge in [-0.3, -0.25) is 9.10 Å². The molecule has 41 heavy (non-hydrogen) atoms. The first kappa shape index (κ1) is 27.6. The smallest absolute Gasteiger partial charge is 0.273 e. The minimum Gasteiger partial charge on any atom is -0.318 e. The van der Waals surface area contributed by atoms with Crippen molar-refractivity contribution >= 4 is 27.8 Å². The highest BCUT2D eigenvalue weighted by atomic mass is 32.2. The van der Waals surface area contributed by atoms with Gasteiger partial charge in [0.05, 0.1) is 28.9 Å². The van der Waals surface area contributed by atoms with Crippen molar-refractivity contribution in [1.29, 1.82) is 0 Å². The fourth-order valence-electron chi connectivity index (χ4n) is 4.77. The van der Waals surface area contributed by atoms with Crippen LogP contribution in [0.5, 0.6) is 0 Å². The van der Waals surface area contributed by atoms with Gasteiger partial charge in [0.2, 0.25) is 0 Å². The number of benzene rings is 4. The van der Waals surface area contributed by atoms with E-state index in [4.69, 9.17) is 0 Å². The highest BCUT2D eigenvalue weighted by Crippen LogP contribution is 2.29. The molecule has 0 saturated heterocycles. The normalized spacial score (nSPS) is 11.5. The van der Waals surface area contributed by atoms with E-state index >= 15 is 0 Å². The zero-order chi connectivity index (χ0) is 28.8. The SMILES string of the molecule is Cc1cc(/C=N/NC(=O)c2ccccc2N(Cc2ccccc2)S(=O)(=O)c2ccccc2)c(C)n1-c1ccccc1. The van der Waals surface area contributed by atoms with Crippen LogP contribution in [0, 0.1) is 13.8 Å². The van der Waals surface area contributed by atoms with Crippen molar-refractivity contribution in [3.63, 3.8) is 0 Å². The molecule has 206 valence electrons. The number of carbonyl (C=O) groups excluding carboxylic acids is 1. The second-order valence-electron chi connectivity index (χ2n) is 9.52. The number of rotatable bonds is 9. The third kappa shape index (κ3) is 5.97. The lowest BCUT2D eigenvalue weighted by molar-refractivity contribution is 0.0955. The minimum atomic E-state index is -3.99. The van der Waals surface area contributed by atoms with Crippen LogP contribution in [0.1, 0.15) is 32.9 Å². The van der Waals surface area contributed by atoms with Crippen LogP contribution in [0.15, 0.2) is 131 Å². The van der Waals surface area contributed by atoms with Crippen LogP contribution in [-0.2, 0) is 16.6 Å². The summed E-state index contributed by atoms with van der Waals surface area (Å²) in [6.07, 6.45) is 1.60. The van der Waals surface area contributed by atoms with E-state index < -0.39 is 15.9 Å². The first-order chi connectivity index (χ1) is 19.9. The Morgan fingerprint density at radius 2 is 1.41 bits per heavy atom. The number of anilines is 1. The van der Waals surface area contributed by atoms with Gasteiger partial charge in [0.15, 0.2) is 0 Å². The molecule has 1 N–H and O–H groups in total. The first-order valence-electron chi connectivity index (χ1n) is 13.1. The standard InChI is InChI=1S/C33H30N4O3S/c1-25-22-28(26(2)37(25)29-16-8-4-9-17-29)23-34-35-33(38)31-20-12-13-21-32(31)36(24-27-14-6-3-7-15-27)41(39,40)30-18-10-5-11-19-30/h3-23H,24H2,1-2H3,(H,35,38)/b34-23+. The van der Waals surface area contributed by atoms with Crippen LogP contribution in [0.2, 0.25) is 0 Å². The van der Waals surface area contributed by atoms with Gasteiger partial charge in [0.25, 0.3) is 15.9 Å². The van der Waals surface area contributed by atoms with Gasteiger partial charge in [0.1, 0.15) is 0 Å². The second kappa shape index (κ2) is 12.1. The van der Waals surface area contributed by atoms with Crippen LogP contribution < -0.4 is 9.73 Å². The van der Waals surface area contributed by atoms with E-state index in [1.54, 1.807) is 60.8 Å². The minimum absolute atomic E-state index is 0.0527. The van der Waals surface area contributed by atoms with Crippen LogP contribution in [0.3, 0.4) is 0 Å². The summed E-state index contributed by atoms with van der Waals surface area (Å²) in [4.78, 5) is 13.5. The van der Waals surface area contributed by atoms with Gasteiger partial charge >= 0.3 is 0 Å². The third-order valence-electron chi connectivity index (χ3n) is 6.77. The molecular weight excluding hydrogens is 532 g/mol. The number of aryl methyl sites for hydroxylation is 1. The number of hydrazone groups is 1. The predicted molar refractivity (Wildman–Crippen MR) is 163 cm³/mol. The number of nitrogens with one attached hydrogen (secondary N) is 1. The summed E-state index contributed by atoms with van der Waals surface area (Å²) in [7, 11) is -3.99. The highest BCUT2D eigenvalue weighted by molar-refractivity contribution is 7.92. The molecule has 1 aromatic heterocycles. The van der Waals surface area contributed by atoms with Crippen molar-refractivity contribution < 1.29 is 13.2 Å². The molecule has 0 aliphatic rings. The molecule has 1 heterocycles. The molecule has 0 radical (unpaired) electrons. The Bertz CT molecular complexity index is 1780. The molecular formula is C33H30N4O3S. The fourth-order valence-corrected chi connectivity index (χ4v) is 6.26. The van der Waals surface area contributed by atoms with Crippen molar-refractivity contribution in [2.45, 2.75) is 25.3 Å². The molecule has 4 aromatic carbocycles. The van der Waals surface area contributed by atoms with Gasteiger partial charge in [-0.1, -0.05) is 78.9 Å². The van der Waals surface area contributed by atoms with E-state index in [0.29, 0.717) is 0 Å². The zero-order valence-corrected chi connectivity index (χ0v) is 23.6. The number of para-hydroxylation sites is 2. The van der Waals surface area contributed by atoms with Crippen molar-refractivity contribution in [3.05, 3.63) is 149 Å². The Kier molecular flexibility index (Phi) is 8.12. The van der Waals surface area contributed by atoms with E-state index in [9.17, 15) is 13.2 Å². The molecule has 0 saturated carbocycles. The number of sulfonamides is 1. The number of hydrogen-bond acceptors (Lipinski definition) is 4. The number of hydrogen-bond donors (Lipinski definition) is 1. The summed E-state index contributed by atoms with van der Waals surface area (Å²) >= 11 is 0. The Labute approximate surface area is 240 Å². The lowest BCUT2D eigenvalue weighted by atomic mass is 10.1. The molecule has 0 aliphatic carbocycles. The molecule has 8 heteroatoms. The van der Waals surface area contributed by atoms with E-state index in [1.807, 2.05) is 80.6 Å². The van der Waals surface area contributed by atoms with E-state index in [0.717, 1.165) is 28.2 Å². The predicted octanol–water partition coefficient (Wildman–Crippen LogP) is 6.25. The molecule has 0 unspecified atom stereocenters. The molecule has 5 rings (SSSR count). The zero-order valence-electron chi connectivity index (χ0n) is 22.8. The number of nitrogens with zero attached hydrogens (tertiary/aromatic N) is 3. The summed E-state index contributed by atoms with van der Waals surface area (Å²) in [5.74, 6) is -0.518. The summed E-state index contributed by atoms with van der Waals surface area (Å²) < 4.78 is 31.1.